The molecule has 0 aliphatic heterocycles. The van der Waals surface area contributed by atoms with E-state index in [9.17, 15) is 0 Å². The van der Waals surface area contributed by atoms with Crippen LogP contribution in [0.4, 0.5) is 5.69 Å². The topological polar surface area (TPSA) is 30.5 Å². The van der Waals surface area contributed by atoms with Crippen molar-refractivity contribution in [2.45, 2.75) is 32.8 Å². The fraction of sp³-hybridized carbons (Fsp3) is 0.571. The predicted octanol–water partition coefficient (Wildman–Crippen LogP) is 3.23. The maximum atomic E-state index is 5.38. The van der Waals surface area contributed by atoms with E-state index < -0.39 is 0 Å². The fourth-order valence-corrected chi connectivity index (χ4v) is 1.56. The molecule has 0 saturated carbocycles. The number of hydrogen-bond acceptors (Lipinski definition) is 3. The zero-order valence-corrected chi connectivity index (χ0v) is 11.5. The molecule has 1 N–H and O–H groups in total. The highest BCUT2D eigenvalue weighted by molar-refractivity contribution is 5.53. The molecule has 17 heavy (non-hydrogen) atoms. The first-order valence-corrected chi connectivity index (χ1v) is 5.92. The molecule has 0 saturated heterocycles. The summed E-state index contributed by atoms with van der Waals surface area (Å²) in [7, 11) is 3.43. The van der Waals surface area contributed by atoms with Gasteiger partial charge in [0.25, 0.3) is 0 Å². The first-order chi connectivity index (χ1) is 7.98. The van der Waals surface area contributed by atoms with Crippen LogP contribution >= 0.6 is 0 Å². The molecule has 96 valence electrons. The van der Waals surface area contributed by atoms with Crippen LogP contribution in [0, 0.1) is 6.92 Å². The van der Waals surface area contributed by atoms with Crippen LogP contribution in [0.5, 0.6) is 5.75 Å². The SMILES string of the molecule is COc1ccc(NCCC(C)(C)OC)c(C)c1. The van der Waals surface area contributed by atoms with Crippen molar-refractivity contribution in [2.24, 2.45) is 0 Å². The Bertz CT molecular complexity index is 361. The van der Waals surface area contributed by atoms with E-state index in [1.165, 1.54) is 5.56 Å². The molecule has 0 fully saturated rings. The summed E-state index contributed by atoms with van der Waals surface area (Å²) < 4.78 is 10.6. The number of rotatable bonds is 6. The normalized spacial score (nSPS) is 11.4. The Balaban J connectivity index is 2.52. The van der Waals surface area contributed by atoms with Crippen LogP contribution < -0.4 is 10.1 Å². The maximum absolute atomic E-state index is 5.38. The van der Waals surface area contributed by atoms with E-state index in [4.69, 9.17) is 9.47 Å². The van der Waals surface area contributed by atoms with Gasteiger partial charge in [-0.05, 0) is 51.0 Å². The lowest BCUT2D eigenvalue weighted by Crippen LogP contribution is -2.25. The average Bonchev–Trinajstić information content (AvgIpc) is 2.31. The van der Waals surface area contributed by atoms with Crippen molar-refractivity contribution in [3.8, 4) is 5.75 Å². The fourth-order valence-electron chi connectivity index (χ4n) is 1.56. The van der Waals surface area contributed by atoms with E-state index in [0.717, 1.165) is 24.4 Å². The molecule has 0 heterocycles. The van der Waals surface area contributed by atoms with Gasteiger partial charge in [0.05, 0.1) is 12.7 Å². The van der Waals surface area contributed by atoms with Gasteiger partial charge >= 0.3 is 0 Å². The molecule has 0 bridgehead atoms. The largest absolute Gasteiger partial charge is 0.497 e. The third kappa shape index (κ3) is 4.27. The smallest absolute Gasteiger partial charge is 0.119 e. The minimum absolute atomic E-state index is 0.0760. The molecule has 0 aliphatic carbocycles. The minimum Gasteiger partial charge on any atom is -0.497 e. The summed E-state index contributed by atoms with van der Waals surface area (Å²) in [6.45, 7) is 7.16. The monoisotopic (exact) mass is 237 g/mol. The van der Waals surface area contributed by atoms with Crippen molar-refractivity contribution in [3.63, 3.8) is 0 Å². The summed E-state index contributed by atoms with van der Waals surface area (Å²) in [4.78, 5) is 0. The van der Waals surface area contributed by atoms with Crippen LogP contribution in [0.2, 0.25) is 0 Å². The second-order valence-electron chi connectivity index (χ2n) is 4.82. The van der Waals surface area contributed by atoms with E-state index >= 15 is 0 Å². The number of aryl methyl sites for hydroxylation is 1. The molecule has 1 aromatic carbocycles. The first kappa shape index (κ1) is 13.8. The number of ether oxygens (including phenoxy) is 2. The highest BCUT2D eigenvalue weighted by atomic mass is 16.5. The molecule has 0 aromatic heterocycles. The van der Waals surface area contributed by atoms with Crippen molar-refractivity contribution < 1.29 is 9.47 Å². The lowest BCUT2D eigenvalue weighted by Gasteiger charge is -2.23. The molecular weight excluding hydrogens is 214 g/mol. The highest BCUT2D eigenvalue weighted by Crippen LogP contribution is 2.21. The third-order valence-corrected chi connectivity index (χ3v) is 3.03. The summed E-state index contributed by atoms with van der Waals surface area (Å²) >= 11 is 0. The Morgan fingerprint density at radius 2 is 1.94 bits per heavy atom. The second kappa shape index (κ2) is 5.92. The summed E-state index contributed by atoms with van der Waals surface area (Å²) in [6, 6.07) is 6.05. The molecule has 1 rings (SSSR count). The number of anilines is 1. The lowest BCUT2D eigenvalue weighted by atomic mass is 10.1. The van der Waals surface area contributed by atoms with E-state index in [0.29, 0.717) is 0 Å². The zero-order valence-electron chi connectivity index (χ0n) is 11.5. The summed E-state index contributed by atoms with van der Waals surface area (Å²) in [5, 5.41) is 3.42. The molecule has 0 unspecified atom stereocenters. The molecule has 0 radical (unpaired) electrons. The molecule has 0 amide bonds. The average molecular weight is 237 g/mol. The maximum Gasteiger partial charge on any atom is 0.119 e. The number of methoxy groups -OCH3 is 2. The van der Waals surface area contributed by atoms with Gasteiger partial charge in [0.1, 0.15) is 5.75 Å². The van der Waals surface area contributed by atoms with Crippen molar-refractivity contribution in [1.82, 2.24) is 0 Å². The molecule has 0 spiro atoms. The molecular formula is C14H23NO2. The van der Waals surface area contributed by atoms with Gasteiger partial charge in [-0.25, -0.2) is 0 Å². The van der Waals surface area contributed by atoms with Crippen molar-refractivity contribution in [2.75, 3.05) is 26.1 Å². The van der Waals surface area contributed by atoms with Gasteiger partial charge in [-0.15, -0.1) is 0 Å². The van der Waals surface area contributed by atoms with Crippen molar-refractivity contribution in [3.05, 3.63) is 23.8 Å². The summed E-state index contributed by atoms with van der Waals surface area (Å²) in [5.41, 5.74) is 2.27. The quantitative estimate of drug-likeness (QED) is 0.824. The van der Waals surface area contributed by atoms with Crippen LogP contribution in [-0.2, 0) is 4.74 Å². The van der Waals surface area contributed by atoms with Crippen molar-refractivity contribution in [1.29, 1.82) is 0 Å². The molecule has 0 aliphatic rings. The first-order valence-electron chi connectivity index (χ1n) is 5.92. The molecule has 0 atom stereocenters. The third-order valence-electron chi connectivity index (χ3n) is 3.03. The molecule has 1 aromatic rings. The van der Waals surface area contributed by atoms with Crippen molar-refractivity contribution >= 4 is 5.69 Å². The van der Waals surface area contributed by atoms with E-state index in [1.54, 1.807) is 14.2 Å². The number of hydrogen-bond donors (Lipinski definition) is 1. The predicted molar refractivity (Wildman–Crippen MR) is 71.9 cm³/mol. The highest BCUT2D eigenvalue weighted by Gasteiger charge is 2.15. The Morgan fingerprint density at radius 1 is 1.24 bits per heavy atom. The van der Waals surface area contributed by atoms with Gasteiger partial charge in [-0.1, -0.05) is 0 Å². The Labute approximate surface area is 104 Å². The lowest BCUT2D eigenvalue weighted by molar-refractivity contribution is 0.0185. The van der Waals surface area contributed by atoms with Gasteiger partial charge in [0.2, 0.25) is 0 Å². The number of nitrogens with one attached hydrogen (secondary N) is 1. The summed E-state index contributed by atoms with van der Waals surface area (Å²) in [5.74, 6) is 0.894. The van der Waals surface area contributed by atoms with Crippen LogP contribution in [0.15, 0.2) is 18.2 Å². The standard InChI is InChI=1S/C14H23NO2/c1-11-10-12(16-4)6-7-13(11)15-9-8-14(2,3)17-5/h6-7,10,15H,8-9H2,1-5H3. The Morgan fingerprint density at radius 3 is 2.47 bits per heavy atom. The van der Waals surface area contributed by atoms with E-state index in [2.05, 4.69) is 26.1 Å². The molecule has 3 nitrogen and oxygen atoms in total. The van der Waals surface area contributed by atoms with Crippen LogP contribution in [0.3, 0.4) is 0 Å². The van der Waals surface area contributed by atoms with Gasteiger partial charge < -0.3 is 14.8 Å². The Kier molecular flexibility index (Phi) is 4.82. The number of benzene rings is 1. The van der Waals surface area contributed by atoms with Gasteiger partial charge in [0.15, 0.2) is 0 Å². The molecule has 3 heteroatoms. The van der Waals surface area contributed by atoms with E-state index in [-0.39, 0.29) is 5.60 Å². The van der Waals surface area contributed by atoms with Gasteiger partial charge in [0, 0.05) is 19.3 Å². The van der Waals surface area contributed by atoms with Gasteiger partial charge in [-0.3, -0.25) is 0 Å². The zero-order chi connectivity index (χ0) is 12.9. The Hall–Kier alpha value is -1.22. The van der Waals surface area contributed by atoms with Crippen LogP contribution in [0.1, 0.15) is 25.8 Å². The van der Waals surface area contributed by atoms with E-state index in [1.807, 2.05) is 18.2 Å². The second-order valence-corrected chi connectivity index (χ2v) is 4.82. The van der Waals surface area contributed by atoms with Crippen LogP contribution in [0.25, 0.3) is 0 Å². The van der Waals surface area contributed by atoms with Crippen LogP contribution in [-0.4, -0.2) is 26.4 Å². The summed E-state index contributed by atoms with van der Waals surface area (Å²) in [6.07, 6.45) is 0.967. The van der Waals surface area contributed by atoms with Gasteiger partial charge in [-0.2, -0.15) is 0 Å². The minimum atomic E-state index is -0.0760.